The van der Waals surface area contributed by atoms with E-state index in [-0.39, 0.29) is 6.03 Å². The minimum Gasteiger partial charge on any atom is -0.383 e. The zero-order chi connectivity index (χ0) is 22.3. The zero-order valence-corrected chi connectivity index (χ0v) is 18.8. The first-order valence-electron chi connectivity index (χ1n) is 10.6. The summed E-state index contributed by atoms with van der Waals surface area (Å²) in [4.78, 5) is 15.0. The van der Waals surface area contributed by atoms with Crippen LogP contribution in [0.4, 0.5) is 10.5 Å². The monoisotopic (exact) mass is 447 g/mol. The Morgan fingerprint density at radius 1 is 1.00 bits per heavy atom. The molecule has 3 aromatic carbocycles. The molecule has 0 spiro atoms. The Bertz CT molecular complexity index is 1200. The van der Waals surface area contributed by atoms with Gasteiger partial charge in [0.05, 0.1) is 18.8 Å². The first kappa shape index (κ1) is 21.9. The van der Waals surface area contributed by atoms with Gasteiger partial charge in [0.25, 0.3) is 0 Å². The molecule has 5 nitrogen and oxygen atoms in total. The van der Waals surface area contributed by atoms with Crippen LogP contribution in [0.1, 0.15) is 11.3 Å². The molecule has 32 heavy (non-hydrogen) atoms. The van der Waals surface area contributed by atoms with Crippen molar-refractivity contribution in [2.24, 2.45) is 0 Å². The number of anilines is 1. The van der Waals surface area contributed by atoms with Crippen molar-refractivity contribution in [3.8, 4) is 0 Å². The fourth-order valence-electron chi connectivity index (χ4n) is 3.74. The highest BCUT2D eigenvalue weighted by molar-refractivity contribution is 6.31. The number of urea groups is 1. The molecule has 0 aliphatic heterocycles. The maximum Gasteiger partial charge on any atom is 0.322 e. The second kappa shape index (κ2) is 10.4. The molecule has 4 rings (SSSR count). The summed E-state index contributed by atoms with van der Waals surface area (Å²) in [6, 6.07) is 25.6. The number of nitrogens with one attached hydrogen (secondary N) is 1. The predicted molar refractivity (Wildman–Crippen MR) is 130 cm³/mol. The van der Waals surface area contributed by atoms with Crippen molar-refractivity contribution in [1.29, 1.82) is 0 Å². The molecule has 1 heterocycles. The quantitative estimate of drug-likeness (QED) is 0.359. The largest absolute Gasteiger partial charge is 0.383 e. The summed E-state index contributed by atoms with van der Waals surface area (Å²) in [5, 5.41) is 5.92. The Labute approximate surface area is 193 Å². The number of carbonyl (C=O) groups excluding carboxylic acids is 1. The highest BCUT2D eigenvalue weighted by atomic mass is 35.5. The minimum atomic E-state index is -0.163. The molecular weight excluding hydrogens is 422 g/mol. The Morgan fingerprint density at radius 3 is 2.62 bits per heavy atom. The number of halogens is 1. The summed E-state index contributed by atoms with van der Waals surface area (Å²) >= 11 is 6.35. The van der Waals surface area contributed by atoms with Crippen LogP contribution in [0.2, 0.25) is 5.02 Å². The minimum absolute atomic E-state index is 0.163. The van der Waals surface area contributed by atoms with Crippen LogP contribution >= 0.6 is 11.6 Å². The number of methoxy groups -OCH3 is 1. The van der Waals surface area contributed by atoms with Crippen LogP contribution in [-0.2, 0) is 17.8 Å². The van der Waals surface area contributed by atoms with Gasteiger partial charge in [0.15, 0.2) is 0 Å². The van der Waals surface area contributed by atoms with Crippen molar-refractivity contribution in [2.45, 2.75) is 13.1 Å². The molecule has 0 atom stereocenters. The summed E-state index contributed by atoms with van der Waals surface area (Å²) in [7, 11) is 1.64. The van der Waals surface area contributed by atoms with Crippen molar-refractivity contribution in [1.82, 2.24) is 9.47 Å². The number of aromatic nitrogens is 1. The maximum atomic E-state index is 13.2. The van der Waals surface area contributed by atoms with Crippen LogP contribution in [0.3, 0.4) is 0 Å². The highest BCUT2D eigenvalue weighted by Crippen LogP contribution is 2.24. The van der Waals surface area contributed by atoms with E-state index >= 15 is 0 Å². The topological polar surface area (TPSA) is 46.5 Å². The molecule has 0 aliphatic rings. The average Bonchev–Trinajstić information content (AvgIpc) is 3.25. The molecule has 1 N–H and O–H groups in total. The second-order valence-corrected chi connectivity index (χ2v) is 8.00. The zero-order valence-electron chi connectivity index (χ0n) is 18.0. The Hall–Kier alpha value is -3.28. The highest BCUT2D eigenvalue weighted by Gasteiger charge is 2.17. The van der Waals surface area contributed by atoms with Gasteiger partial charge < -0.3 is 19.5 Å². The average molecular weight is 448 g/mol. The Morgan fingerprint density at radius 2 is 1.78 bits per heavy atom. The molecule has 0 aliphatic carbocycles. The van der Waals surface area contributed by atoms with Gasteiger partial charge in [0.1, 0.15) is 0 Å². The van der Waals surface area contributed by atoms with Crippen LogP contribution < -0.4 is 5.32 Å². The van der Waals surface area contributed by atoms with Gasteiger partial charge in [-0.1, -0.05) is 66.2 Å². The molecule has 0 bridgehead atoms. The molecule has 2 amide bonds. The van der Waals surface area contributed by atoms with Gasteiger partial charge in [0.2, 0.25) is 0 Å². The van der Waals surface area contributed by atoms with Crippen LogP contribution in [0, 0.1) is 0 Å². The number of ether oxygens (including phenoxy) is 1. The van der Waals surface area contributed by atoms with E-state index < -0.39 is 0 Å². The molecule has 0 saturated carbocycles. The molecule has 6 heteroatoms. The number of hydrogen-bond donors (Lipinski definition) is 1. The molecule has 0 fully saturated rings. The number of fused-ring (bicyclic) bond motifs is 1. The number of hydrogen-bond acceptors (Lipinski definition) is 2. The van der Waals surface area contributed by atoms with E-state index in [1.54, 1.807) is 12.0 Å². The fraction of sp³-hybridized carbons (Fsp3) is 0.192. The molecule has 1 aromatic heterocycles. The van der Waals surface area contributed by atoms with Crippen LogP contribution in [-0.4, -0.2) is 35.8 Å². The van der Waals surface area contributed by atoms with E-state index in [2.05, 4.69) is 9.88 Å². The summed E-state index contributed by atoms with van der Waals surface area (Å²) in [5.41, 5.74) is 2.85. The van der Waals surface area contributed by atoms with Crippen molar-refractivity contribution in [3.05, 3.63) is 101 Å². The van der Waals surface area contributed by atoms with Crippen molar-refractivity contribution in [2.75, 3.05) is 25.6 Å². The lowest BCUT2D eigenvalue weighted by molar-refractivity contribution is 0.152. The van der Waals surface area contributed by atoms with Gasteiger partial charge in [-0.15, -0.1) is 0 Å². The normalized spacial score (nSPS) is 10.9. The molecule has 164 valence electrons. The van der Waals surface area contributed by atoms with Gasteiger partial charge in [-0.3, -0.25) is 0 Å². The third-order valence-electron chi connectivity index (χ3n) is 5.46. The van der Waals surface area contributed by atoms with Crippen LogP contribution in [0.25, 0.3) is 10.8 Å². The van der Waals surface area contributed by atoms with Crippen molar-refractivity contribution in [3.63, 3.8) is 0 Å². The number of benzene rings is 3. The second-order valence-electron chi connectivity index (χ2n) is 7.59. The number of amides is 2. The molecule has 0 radical (unpaired) electrons. The first-order chi connectivity index (χ1) is 15.7. The van der Waals surface area contributed by atoms with Crippen LogP contribution in [0.5, 0.6) is 0 Å². The lowest BCUT2D eigenvalue weighted by Gasteiger charge is -2.24. The summed E-state index contributed by atoms with van der Waals surface area (Å²) in [6.45, 7) is 2.03. The van der Waals surface area contributed by atoms with E-state index in [0.717, 1.165) is 32.7 Å². The number of carbonyl (C=O) groups is 1. The SMILES string of the molecule is COCCN(Cc1cccn1Cc1ccccc1Cl)C(=O)Nc1cccc2ccccc12. The van der Waals surface area contributed by atoms with Crippen molar-refractivity contribution < 1.29 is 9.53 Å². The Balaban J connectivity index is 1.54. The van der Waals surface area contributed by atoms with Gasteiger partial charge >= 0.3 is 6.03 Å². The van der Waals surface area contributed by atoms with Crippen LogP contribution in [0.15, 0.2) is 85.1 Å². The third kappa shape index (κ3) is 5.13. The predicted octanol–water partition coefficient (Wildman–Crippen LogP) is 6.02. The standard InChI is InChI=1S/C26H26ClN3O2/c1-32-17-16-30(26(31)28-25-14-6-10-20-8-2-4-12-23(20)25)19-22-11-7-15-29(22)18-21-9-3-5-13-24(21)27/h2-15H,16-19H2,1H3,(H,28,31). The molecular formula is C26H26ClN3O2. The van der Waals surface area contributed by atoms with Crippen molar-refractivity contribution >= 4 is 34.1 Å². The Kier molecular flexibility index (Phi) is 7.10. The summed E-state index contributed by atoms with van der Waals surface area (Å²) in [5.74, 6) is 0. The molecule has 4 aromatic rings. The van der Waals surface area contributed by atoms with Gasteiger partial charge in [0, 0.05) is 42.5 Å². The smallest absolute Gasteiger partial charge is 0.322 e. The van der Waals surface area contributed by atoms with E-state index in [1.165, 1.54) is 0 Å². The first-order valence-corrected chi connectivity index (χ1v) is 10.9. The molecule has 0 unspecified atom stereocenters. The van der Waals surface area contributed by atoms with Gasteiger partial charge in [-0.05, 0) is 35.2 Å². The molecule has 0 saturated heterocycles. The summed E-state index contributed by atoms with van der Waals surface area (Å²) in [6.07, 6.45) is 2.01. The van der Waals surface area contributed by atoms with Gasteiger partial charge in [-0.2, -0.15) is 0 Å². The summed E-state index contributed by atoms with van der Waals surface area (Å²) < 4.78 is 7.38. The third-order valence-corrected chi connectivity index (χ3v) is 5.83. The fourth-order valence-corrected chi connectivity index (χ4v) is 3.93. The number of rotatable bonds is 8. The van der Waals surface area contributed by atoms with E-state index in [0.29, 0.717) is 26.2 Å². The maximum absolute atomic E-state index is 13.2. The van der Waals surface area contributed by atoms with E-state index in [9.17, 15) is 4.79 Å². The lowest BCUT2D eigenvalue weighted by atomic mass is 10.1. The van der Waals surface area contributed by atoms with E-state index in [4.69, 9.17) is 16.3 Å². The van der Waals surface area contributed by atoms with E-state index in [1.807, 2.05) is 85.1 Å². The lowest BCUT2D eigenvalue weighted by Crippen LogP contribution is -2.37. The number of nitrogens with zero attached hydrogens (tertiary/aromatic N) is 2. The van der Waals surface area contributed by atoms with Gasteiger partial charge in [-0.25, -0.2) is 4.79 Å².